The van der Waals surface area contributed by atoms with Crippen molar-refractivity contribution in [3.63, 3.8) is 0 Å². The van der Waals surface area contributed by atoms with E-state index in [9.17, 15) is 9.59 Å². The maximum absolute atomic E-state index is 13.3. The number of hydrogen-bond acceptors (Lipinski definition) is 4. The first-order valence-electron chi connectivity index (χ1n) is 12.1. The molecule has 0 radical (unpaired) electrons. The highest BCUT2D eigenvalue weighted by atomic mass is 32.3. The molecule has 1 aliphatic heterocycles. The highest BCUT2D eigenvalue weighted by molar-refractivity contribution is 8.29. The largest absolute Gasteiger partial charge is 0.354 e. The van der Waals surface area contributed by atoms with Gasteiger partial charge in [0.1, 0.15) is 6.04 Å². The van der Waals surface area contributed by atoms with Gasteiger partial charge in [-0.05, 0) is 43.1 Å². The van der Waals surface area contributed by atoms with Gasteiger partial charge in [-0.25, -0.2) is 0 Å². The van der Waals surface area contributed by atoms with Gasteiger partial charge in [-0.3, -0.25) is 19.9 Å². The number of nitrogens with zero attached hydrogens (tertiary/aromatic N) is 1. The van der Waals surface area contributed by atoms with E-state index < -0.39 is 16.4 Å². The summed E-state index contributed by atoms with van der Waals surface area (Å²) in [6, 6.07) is 7.67. The van der Waals surface area contributed by atoms with Gasteiger partial charge in [0.05, 0.1) is 0 Å². The monoisotopic (exact) mass is 475 g/mol. The Morgan fingerprint density at radius 3 is 2.67 bits per heavy atom. The number of carbonyl (C=O) groups is 2. The number of para-hydroxylation sites is 1. The zero-order valence-electron chi connectivity index (χ0n) is 20.3. The standard InChI is InChI=1S/C25H41N5O2S/c1-18(2)14-20(17-33(3,26)27)24(31)29-22-15-19-16-30(23-11-7-6-10-21(19)23)13-9-5-4-8-12-28-25(22)32/h6-7,10-11,16,18,20,22H,4-5,8-9,12-15,17,26-27H2,1-3H3,(H,28,32)(H,29,31)/t20-,22+/m1/s1. The third-order valence-corrected chi connectivity index (χ3v) is 7.36. The zero-order valence-corrected chi connectivity index (χ0v) is 21.1. The number of benzene rings is 1. The van der Waals surface area contributed by atoms with Gasteiger partial charge in [-0.2, -0.15) is 0 Å². The van der Waals surface area contributed by atoms with Crippen molar-refractivity contribution < 1.29 is 9.59 Å². The predicted octanol–water partition coefficient (Wildman–Crippen LogP) is 3.20. The van der Waals surface area contributed by atoms with Crippen LogP contribution in [0.15, 0.2) is 30.5 Å². The molecule has 2 atom stereocenters. The molecule has 2 amide bonds. The first kappa shape index (κ1) is 25.6. The van der Waals surface area contributed by atoms with Gasteiger partial charge in [0, 0.05) is 48.3 Å². The van der Waals surface area contributed by atoms with Crippen molar-refractivity contribution in [2.75, 3.05) is 18.6 Å². The average molecular weight is 476 g/mol. The van der Waals surface area contributed by atoms with Gasteiger partial charge in [0.15, 0.2) is 0 Å². The lowest BCUT2D eigenvalue weighted by Crippen LogP contribution is -2.51. The Morgan fingerprint density at radius 2 is 1.94 bits per heavy atom. The van der Waals surface area contributed by atoms with Crippen LogP contribution in [0.3, 0.4) is 0 Å². The first-order chi connectivity index (χ1) is 15.6. The minimum atomic E-state index is -1.83. The Bertz CT molecular complexity index is 950. The van der Waals surface area contributed by atoms with Crippen LogP contribution in [-0.2, 0) is 22.6 Å². The summed E-state index contributed by atoms with van der Waals surface area (Å²) in [6.45, 7) is 5.76. The van der Waals surface area contributed by atoms with Crippen molar-refractivity contribution in [3.8, 4) is 0 Å². The topological polar surface area (TPSA) is 115 Å². The maximum Gasteiger partial charge on any atom is 0.242 e. The highest BCUT2D eigenvalue weighted by Crippen LogP contribution is 2.31. The number of amides is 2. The Kier molecular flexibility index (Phi) is 8.84. The van der Waals surface area contributed by atoms with Crippen LogP contribution in [0.25, 0.3) is 10.9 Å². The molecule has 3 rings (SSSR count). The van der Waals surface area contributed by atoms with E-state index in [1.807, 2.05) is 18.4 Å². The third-order valence-electron chi connectivity index (χ3n) is 6.24. The molecule has 0 unspecified atom stereocenters. The number of rotatable bonds is 6. The molecule has 1 aromatic heterocycles. The number of hydrogen-bond donors (Lipinski definition) is 4. The maximum atomic E-state index is 13.3. The number of nitrogens with one attached hydrogen (secondary N) is 2. The molecule has 33 heavy (non-hydrogen) atoms. The minimum absolute atomic E-state index is 0.127. The lowest BCUT2D eigenvalue weighted by atomic mass is 9.97. The van der Waals surface area contributed by atoms with Gasteiger partial charge < -0.3 is 15.2 Å². The lowest BCUT2D eigenvalue weighted by molar-refractivity contribution is -0.131. The quantitative estimate of drug-likeness (QED) is 0.513. The molecule has 6 N–H and O–H groups in total. The zero-order chi connectivity index (χ0) is 24.0. The fourth-order valence-electron chi connectivity index (χ4n) is 4.74. The molecule has 0 saturated carbocycles. The first-order valence-corrected chi connectivity index (χ1v) is 14.4. The molecule has 2 bridgehead atoms. The molecule has 8 heteroatoms. The average Bonchev–Trinajstić information content (AvgIpc) is 3.08. The summed E-state index contributed by atoms with van der Waals surface area (Å²) in [4.78, 5) is 26.5. The molecule has 2 aromatic rings. The molecule has 1 aliphatic rings. The number of aromatic nitrogens is 1. The lowest BCUT2D eigenvalue weighted by Gasteiger charge is -2.31. The summed E-state index contributed by atoms with van der Waals surface area (Å²) >= 11 is 0. The van der Waals surface area contributed by atoms with E-state index in [1.165, 1.54) is 5.52 Å². The molecule has 184 valence electrons. The Hall–Kier alpha value is -2.03. The second-order valence-electron chi connectivity index (χ2n) is 10.1. The van der Waals surface area contributed by atoms with Crippen LogP contribution in [0.4, 0.5) is 0 Å². The highest BCUT2D eigenvalue weighted by Gasteiger charge is 2.29. The molecule has 0 saturated heterocycles. The number of fused-ring (bicyclic) bond motifs is 5. The number of carbonyl (C=O) groups excluding carboxylic acids is 2. The number of aryl methyl sites for hydroxylation is 1. The van der Waals surface area contributed by atoms with E-state index in [-0.39, 0.29) is 17.7 Å². The third kappa shape index (κ3) is 7.48. The van der Waals surface area contributed by atoms with Crippen LogP contribution in [0.2, 0.25) is 0 Å². The minimum Gasteiger partial charge on any atom is -0.354 e. The normalized spacial score (nSPS) is 19.8. The van der Waals surface area contributed by atoms with Crippen LogP contribution >= 0.6 is 10.4 Å². The second-order valence-corrected chi connectivity index (χ2v) is 12.9. The molecule has 1 aromatic carbocycles. The summed E-state index contributed by atoms with van der Waals surface area (Å²) in [7, 11) is -1.83. The van der Waals surface area contributed by atoms with Gasteiger partial charge in [-0.1, -0.05) is 44.9 Å². The van der Waals surface area contributed by atoms with Crippen LogP contribution in [0.5, 0.6) is 0 Å². The SMILES string of the molecule is CC(C)C[C@H](CS(C)(N)N)C(=O)N[C@H]1Cc2cn(c3ccccc23)CCCCCCNC1=O. The van der Waals surface area contributed by atoms with Crippen LogP contribution in [0.1, 0.15) is 51.5 Å². The Morgan fingerprint density at radius 1 is 1.21 bits per heavy atom. The van der Waals surface area contributed by atoms with Crippen LogP contribution < -0.4 is 20.9 Å². The summed E-state index contributed by atoms with van der Waals surface area (Å²) in [6.07, 6.45) is 9.38. The van der Waals surface area contributed by atoms with Crippen molar-refractivity contribution in [3.05, 3.63) is 36.0 Å². The van der Waals surface area contributed by atoms with Gasteiger partial charge in [0.2, 0.25) is 11.8 Å². The smallest absolute Gasteiger partial charge is 0.242 e. The molecule has 0 aliphatic carbocycles. The summed E-state index contributed by atoms with van der Waals surface area (Å²) < 4.78 is 2.29. The second kappa shape index (κ2) is 11.4. The molecular formula is C25H41N5O2S. The molecular weight excluding hydrogens is 434 g/mol. The summed E-state index contributed by atoms with van der Waals surface area (Å²) in [5.74, 6) is 0.211. The van der Waals surface area contributed by atoms with E-state index in [1.54, 1.807) is 0 Å². The molecule has 7 nitrogen and oxygen atoms in total. The van der Waals surface area contributed by atoms with E-state index in [0.29, 0.717) is 31.1 Å². The van der Waals surface area contributed by atoms with E-state index in [2.05, 4.69) is 47.4 Å². The summed E-state index contributed by atoms with van der Waals surface area (Å²) in [5, 5.41) is 19.5. The van der Waals surface area contributed by atoms with E-state index >= 15 is 0 Å². The Labute approximate surface area is 199 Å². The predicted molar refractivity (Wildman–Crippen MR) is 139 cm³/mol. The fraction of sp³-hybridized carbons (Fsp3) is 0.600. The van der Waals surface area contributed by atoms with Gasteiger partial charge >= 0.3 is 0 Å². The van der Waals surface area contributed by atoms with Crippen molar-refractivity contribution in [2.45, 2.75) is 65.0 Å². The molecule has 2 heterocycles. The van der Waals surface area contributed by atoms with Gasteiger partial charge in [-0.15, -0.1) is 10.4 Å². The van der Waals surface area contributed by atoms with Crippen LogP contribution in [0, 0.1) is 11.8 Å². The van der Waals surface area contributed by atoms with E-state index in [0.717, 1.165) is 43.2 Å². The van der Waals surface area contributed by atoms with Crippen LogP contribution in [-0.4, -0.2) is 41.0 Å². The molecule has 0 spiro atoms. The van der Waals surface area contributed by atoms with Crippen molar-refractivity contribution >= 4 is 33.1 Å². The van der Waals surface area contributed by atoms with Gasteiger partial charge in [0.25, 0.3) is 0 Å². The number of nitrogens with two attached hydrogens (primary N) is 2. The van der Waals surface area contributed by atoms with Crippen molar-refractivity contribution in [1.82, 2.24) is 15.2 Å². The Balaban J connectivity index is 1.88. The molecule has 0 fully saturated rings. The van der Waals surface area contributed by atoms with Crippen molar-refractivity contribution in [1.29, 1.82) is 0 Å². The van der Waals surface area contributed by atoms with Crippen molar-refractivity contribution in [2.24, 2.45) is 22.1 Å². The van der Waals surface area contributed by atoms with E-state index in [4.69, 9.17) is 10.3 Å². The summed E-state index contributed by atoms with van der Waals surface area (Å²) in [5.41, 5.74) is 2.26. The fourth-order valence-corrected chi connectivity index (χ4v) is 5.89.